The number of carboxylic acids is 1. The minimum absolute atomic E-state index is 0.0551. The summed E-state index contributed by atoms with van der Waals surface area (Å²) >= 11 is 0. The predicted molar refractivity (Wildman–Crippen MR) is 73.4 cm³/mol. The highest BCUT2D eigenvalue weighted by atomic mass is 19.1. The van der Waals surface area contributed by atoms with E-state index in [-0.39, 0.29) is 23.7 Å². The van der Waals surface area contributed by atoms with Crippen LogP contribution in [0.25, 0.3) is 0 Å². The maximum atomic E-state index is 12.8. The number of carbonyl (C=O) groups excluding carboxylic acids is 1. The van der Waals surface area contributed by atoms with Gasteiger partial charge in [0, 0.05) is 13.6 Å². The monoisotopic (exact) mass is 288 g/mol. The van der Waals surface area contributed by atoms with Crippen molar-refractivity contribution in [2.24, 2.45) is 0 Å². The van der Waals surface area contributed by atoms with Gasteiger partial charge in [0.2, 0.25) is 0 Å². The number of aromatic carboxylic acids is 1. The molecule has 1 heterocycles. The van der Waals surface area contributed by atoms with Crippen LogP contribution in [0.3, 0.4) is 0 Å². The van der Waals surface area contributed by atoms with E-state index in [1.807, 2.05) is 0 Å². The predicted octanol–water partition coefficient (Wildman–Crippen LogP) is 2.19. The standard InChI is InChI=1S/C15H13FN2O3/c1-18(9-10-5-7-11(16)8-6-10)14(19)12-3-2-4-13(17-12)15(20)21/h2-8H,9H2,1H3,(H,20,21). The van der Waals surface area contributed by atoms with Gasteiger partial charge in [0.05, 0.1) is 0 Å². The Hall–Kier alpha value is -2.76. The Morgan fingerprint density at radius 1 is 1.14 bits per heavy atom. The van der Waals surface area contributed by atoms with E-state index in [4.69, 9.17) is 5.11 Å². The van der Waals surface area contributed by atoms with Crippen LogP contribution in [0.2, 0.25) is 0 Å². The van der Waals surface area contributed by atoms with Gasteiger partial charge in [0.25, 0.3) is 5.91 Å². The lowest BCUT2D eigenvalue weighted by Gasteiger charge is -2.17. The van der Waals surface area contributed by atoms with Gasteiger partial charge in [-0.3, -0.25) is 4.79 Å². The van der Waals surface area contributed by atoms with Crippen LogP contribution in [-0.4, -0.2) is 33.9 Å². The van der Waals surface area contributed by atoms with Gasteiger partial charge in [-0.1, -0.05) is 18.2 Å². The average molecular weight is 288 g/mol. The highest BCUT2D eigenvalue weighted by Crippen LogP contribution is 2.09. The summed E-state index contributed by atoms with van der Waals surface area (Å²) in [5.74, 6) is -1.93. The molecule has 0 unspecified atom stereocenters. The van der Waals surface area contributed by atoms with Crippen LogP contribution in [0.15, 0.2) is 42.5 Å². The lowest BCUT2D eigenvalue weighted by Crippen LogP contribution is -2.27. The summed E-state index contributed by atoms with van der Waals surface area (Å²) in [5, 5.41) is 8.87. The Labute approximate surface area is 120 Å². The molecule has 0 aliphatic carbocycles. The highest BCUT2D eigenvalue weighted by Gasteiger charge is 2.15. The molecule has 1 amide bonds. The normalized spacial score (nSPS) is 10.2. The summed E-state index contributed by atoms with van der Waals surface area (Å²) in [4.78, 5) is 28.2. The van der Waals surface area contributed by atoms with E-state index >= 15 is 0 Å². The molecular formula is C15H13FN2O3. The van der Waals surface area contributed by atoms with Crippen LogP contribution in [0.4, 0.5) is 4.39 Å². The zero-order valence-electron chi connectivity index (χ0n) is 11.3. The van der Waals surface area contributed by atoms with E-state index in [0.717, 1.165) is 5.56 Å². The first-order chi connectivity index (χ1) is 9.97. The van der Waals surface area contributed by atoms with Crippen LogP contribution in [-0.2, 0) is 6.54 Å². The maximum Gasteiger partial charge on any atom is 0.354 e. The molecule has 0 aliphatic heterocycles. The molecule has 6 heteroatoms. The van der Waals surface area contributed by atoms with Crippen molar-refractivity contribution in [1.82, 2.24) is 9.88 Å². The zero-order chi connectivity index (χ0) is 15.4. The van der Waals surface area contributed by atoms with Crippen molar-refractivity contribution < 1.29 is 19.1 Å². The van der Waals surface area contributed by atoms with Crippen molar-refractivity contribution in [3.63, 3.8) is 0 Å². The molecule has 0 bridgehead atoms. The molecular weight excluding hydrogens is 275 g/mol. The molecule has 0 aliphatic rings. The molecule has 2 aromatic rings. The lowest BCUT2D eigenvalue weighted by molar-refractivity contribution is 0.0690. The van der Waals surface area contributed by atoms with Gasteiger partial charge in [-0.05, 0) is 29.8 Å². The molecule has 0 atom stereocenters. The Balaban J connectivity index is 2.13. The second-order valence-corrected chi connectivity index (χ2v) is 4.50. The summed E-state index contributed by atoms with van der Waals surface area (Å²) in [5.41, 5.74) is 0.636. The molecule has 0 fully saturated rings. The number of pyridine rings is 1. The fraction of sp³-hybridized carbons (Fsp3) is 0.133. The Morgan fingerprint density at radius 3 is 2.38 bits per heavy atom. The average Bonchev–Trinajstić information content (AvgIpc) is 2.49. The summed E-state index contributed by atoms with van der Waals surface area (Å²) in [6.07, 6.45) is 0. The SMILES string of the molecule is CN(Cc1ccc(F)cc1)C(=O)c1cccc(C(=O)O)n1. The molecule has 1 N–H and O–H groups in total. The Kier molecular flexibility index (Phi) is 4.27. The van der Waals surface area contributed by atoms with Gasteiger partial charge in [-0.2, -0.15) is 0 Å². The van der Waals surface area contributed by atoms with Crippen LogP contribution in [0.5, 0.6) is 0 Å². The van der Waals surface area contributed by atoms with Gasteiger partial charge in [0.15, 0.2) is 0 Å². The van der Waals surface area contributed by atoms with Crippen molar-refractivity contribution in [3.05, 3.63) is 65.2 Å². The number of aromatic nitrogens is 1. The highest BCUT2D eigenvalue weighted by molar-refractivity contribution is 5.94. The molecule has 108 valence electrons. The lowest BCUT2D eigenvalue weighted by atomic mass is 10.2. The second kappa shape index (κ2) is 6.13. The van der Waals surface area contributed by atoms with Crippen LogP contribution in [0, 0.1) is 5.82 Å². The fourth-order valence-electron chi connectivity index (χ4n) is 1.80. The Bertz CT molecular complexity index is 671. The van der Waals surface area contributed by atoms with Gasteiger partial charge in [-0.25, -0.2) is 14.2 Å². The number of carbonyl (C=O) groups is 2. The van der Waals surface area contributed by atoms with E-state index in [1.165, 1.54) is 35.2 Å². The molecule has 0 saturated heterocycles. The number of rotatable bonds is 4. The smallest absolute Gasteiger partial charge is 0.354 e. The molecule has 1 aromatic carbocycles. The van der Waals surface area contributed by atoms with E-state index in [1.54, 1.807) is 19.2 Å². The van der Waals surface area contributed by atoms with Crippen molar-refractivity contribution in [2.45, 2.75) is 6.54 Å². The van der Waals surface area contributed by atoms with Crippen molar-refractivity contribution >= 4 is 11.9 Å². The summed E-state index contributed by atoms with van der Waals surface area (Å²) in [6.45, 7) is 0.276. The summed E-state index contributed by atoms with van der Waals surface area (Å²) in [7, 11) is 1.57. The largest absolute Gasteiger partial charge is 0.477 e. The van der Waals surface area contributed by atoms with E-state index in [0.29, 0.717) is 0 Å². The minimum Gasteiger partial charge on any atom is -0.477 e. The van der Waals surface area contributed by atoms with Crippen LogP contribution in [0.1, 0.15) is 26.5 Å². The fourth-order valence-corrected chi connectivity index (χ4v) is 1.80. The van der Waals surface area contributed by atoms with Crippen molar-refractivity contribution in [2.75, 3.05) is 7.05 Å². The molecule has 1 aromatic heterocycles. The molecule has 2 rings (SSSR count). The van der Waals surface area contributed by atoms with Gasteiger partial charge in [-0.15, -0.1) is 0 Å². The summed E-state index contributed by atoms with van der Waals surface area (Å²) < 4.78 is 12.8. The Morgan fingerprint density at radius 2 is 1.76 bits per heavy atom. The van der Waals surface area contributed by atoms with E-state index in [9.17, 15) is 14.0 Å². The van der Waals surface area contributed by atoms with Gasteiger partial charge < -0.3 is 10.0 Å². The maximum absolute atomic E-state index is 12.8. The molecule has 21 heavy (non-hydrogen) atoms. The first-order valence-corrected chi connectivity index (χ1v) is 6.17. The molecule has 0 radical (unpaired) electrons. The second-order valence-electron chi connectivity index (χ2n) is 4.50. The van der Waals surface area contributed by atoms with Crippen LogP contribution >= 0.6 is 0 Å². The summed E-state index contributed by atoms with van der Waals surface area (Å²) in [6, 6.07) is 10.0. The van der Waals surface area contributed by atoms with Crippen molar-refractivity contribution in [1.29, 1.82) is 0 Å². The first-order valence-electron chi connectivity index (χ1n) is 6.17. The molecule has 0 saturated carbocycles. The quantitative estimate of drug-likeness (QED) is 0.936. The molecule has 0 spiro atoms. The number of benzene rings is 1. The number of hydrogen-bond acceptors (Lipinski definition) is 3. The number of halogens is 1. The van der Waals surface area contributed by atoms with Crippen molar-refractivity contribution in [3.8, 4) is 0 Å². The van der Waals surface area contributed by atoms with Gasteiger partial charge >= 0.3 is 5.97 Å². The number of amides is 1. The van der Waals surface area contributed by atoms with E-state index in [2.05, 4.69) is 4.98 Å². The third-order valence-corrected chi connectivity index (χ3v) is 2.87. The third kappa shape index (κ3) is 3.62. The number of carboxylic acid groups (broad SMARTS) is 1. The topological polar surface area (TPSA) is 70.5 Å². The zero-order valence-corrected chi connectivity index (χ0v) is 11.3. The number of hydrogen-bond donors (Lipinski definition) is 1. The first kappa shape index (κ1) is 14.6. The van der Waals surface area contributed by atoms with Gasteiger partial charge in [0.1, 0.15) is 17.2 Å². The van der Waals surface area contributed by atoms with E-state index < -0.39 is 11.9 Å². The van der Waals surface area contributed by atoms with Crippen LogP contribution < -0.4 is 0 Å². The number of nitrogens with zero attached hydrogens (tertiary/aromatic N) is 2. The minimum atomic E-state index is -1.19. The third-order valence-electron chi connectivity index (χ3n) is 2.87. The molecule has 5 nitrogen and oxygen atoms in total.